The van der Waals surface area contributed by atoms with E-state index < -0.39 is 0 Å². The number of nitrogens with one attached hydrogen (secondary N) is 1. The predicted molar refractivity (Wildman–Crippen MR) is 88.2 cm³/mol. The molecule has 2 bridgehead atoms. The van der Waals surface area contributed by atoms with Crippen LogP contribution < -0.4 is 10.2 Å². The minimum absolute atomic E-state index is 0.0966. The van der Waals surface area contributed by atoms with Crippen molar-refractivity contribution in [3.8, 4) is 0 Å². The third-order valence-electron chi connectivity index (χ3n) is 5.71. The third kappa shape index (κ3) is 2.30. The molecule has 3 atom stereocenters. The highest BCUT2D eigenvalue weighted by molar-refractivity contribution is 5.94. The van der Waals surface area contributed by atoms with E-state index in [2.05, 4.69) is 35.3 Å². The fourth-order valence-electron chi connectivity index (χ4n) is 4.71. The van der Waals surface area contributed by atoms with Crippen LogP contribution in [-0.4, -0.2) is 42.1 Å². The summed E-state index contributed by atoms with van der Waals surface area (Å²) in [4.78, 5) is 17.2. The summed E-state index contributed by atoms with van der Waals surface area (Å²) >= 11 is 0. The number of carbonyl (C=O) groups is 1. The van der Waals surface area contributed by atoms with Gasteiger partial charge in [0.1, 0.15) is 0 Å². The normalized spacial score (nSPS) is 30.4. The number of fused-ring (bicyclic) bond motifs is 3. The van der Waals surface area contributed by atoms with Crippen LogP contribution in [0.4, 0.5) is 10.5 Å². The molecule has 2 fully saturated rings. The van der Waals surface area contributed by atoms with Crippen LogP contribution in [0.1, 0.15) is 38.2 Å². The number of anilines is 1. The van der Waals surface area contributed by atoms with E-state index in [1.807, 2.05) is 11.0 Å². The molecule has 22 heavy (non-hydrogen) atoms. The van der Waals surface area contributed by atoms with Gasteiger partial charge >= 0.3 is 6.03 Å². The lowest BCUT2D eigenvalue weighted by atomic mass is 9.97. The minimum Gasteiger partial charge on any atom is -0.335 e. The van der Waals surface area contributed by atoms with Crippen LogP contribution in [0.25, 0.3) is 0 Å². The van der Waals surface area contributed by atoms with Crippen LogP contribution in [0.15, 0.2) is 24.3 Å². The average Bonchev–Trinajstić information content (AvgIpc) is 3.06. The van der Waals surface area contributed by atoms with Gasteiger partial charge in [-0.15, -0.1) is 0 Å². The van der Waals surface area contributed by atoms with Gasteiger partial charge in [-0.25, -0.2) is 4.79 Å². The maximum Gasteiger partial charge on any atom is 0.322 e. The van der Waals surface area contributed by atoms with Crippen molar-refractivity contribution in [3.63, 3.8) is 0 Å². The monoisotopic (exact) mass is 299 g/mol. The first-order chi connectivity index (χ1) is 10.8. The molecule has 1 aromatic rings. The topological polar surface area (TPSA) is 35.6 Å². The van der Waals surface area contributed by atoms with Gasteiger partial charge in [0, 0.05) is 30.4 Å². The molecule has 0 saturated carbocycles. The van der Waals surface area contributed by atoms with Crippen LogP contribution in [0.2, 0.25) is 0 Å². The summed E-state index contributed by atoms with van der Waals surface area (Å²) in [6.07, 6.45) is 5.81. The molecular weight excluding hydrogens is 274 g/mol. The Kier molecular flexibility index (Phi) is 3.57. The van der Waals surface area contributed by atoms with Crippen molar-refractivity contribution in [1.29, 1.82) is 0 Å². The van der Waals surface area contributed by atoms with Crippen LogP contribution in [0.3, 0.4) is 0 Å². The lowest BCUT2D eigenvalue weighted by Crippen LogP contribution is -2.52. The quantitative estimate of drug-likeness (QED) is 0.911. The number of rotatable bonds is 2. The van der Waals surface area contributed by atoms with Crippen molar-refractivity contribution >= 4 is 11.7 Å². The molecule has 0 aliphatic carbocycles. The highest BCUT2D eigenvalue weighted by atomic mass is 16.2. The number of urea groups is 1. The molecule has 0 spiro atoms. The van der Waals surface area contributed by atoms with Crippen LogP contribution >= 0.6 is 0 Å². The van der Waals surface area contributed by atoms with Gasteiger partial charge in [-0.1, -0.05) is 25.1 Å². The SMILES string of the molecule is CCN1[C@@H]2CC[C@H]1CC(NC(=O)N1CCc3ccccc31)C2. The Bertz CT molecular complexity index is 559. The minimum atomic E-state index is 0.0966. The Morgan fingerprint density at radius 1 is 1.23 bits per heavy atom. The summed E-state index contributed by atoms with van der Waals surface area (Å²) in [5.74, 6) is 0. The fraction of sp³-hybridized carbons (Fsp3) is 0.611. The van der Waals surface area contributed by atoms with E-state index >= 15 is 0 Å². The number of hydrogen-bond acceptors (Lipinski definition) is 2. The Morgan fingerprint density at radius 3 is 2.68 bits per heavy atom. The lowest BCUT2D eigenvalue weighted by Gasteiger charge is -2.39. The maximum atomic E-state index is 12.7. The molecule has 2 saturated heterocycles. The first-order valence-corrected chi connectivity index (χ1v) is 8.68. The smallest absolute Gasteiger partial charge is 0.322 e. The first kappa shape index (κ1) is 14.1. The predicted octanol–water partition coefficient (Wildman–Crippen LogP) is 2.77. The number of nitrogens with zero attached hydrogens (tertiary/aromatic N) is 2. The van der Waals surface area contributed by atoms with Gasteiger partial charge in [-0.2, -0.15) is 0 Å². The number of piperidine rings is 1. The average molecular weight is 299 g/mol. The molecule has 3 heterocycles. The zero-order valence-corrected chi connectivity index (χ0v) is 13.3. The summed E-state index contributed by atoms with van der Waals surface area (Å²) in [5.41, 5.74) is 2.38. The van der Waals surface area contributed by atoms with E-state index in [9.17, 15) is 4.79 Å². The number of hydrogen-bond donors (Lipinski definition) is 1. The standard InChI is InChI=1S/C18H25N3O/c1-2-20-15-7-8-16(20)12-14(11-15)19-18(22)21-10-9-13-5-3-4-6-17(13)21/h3-6,14-16H,2,7-12H2,1H3,(H,19,22)/t14?,15-,16+. The van der Waals surface area contributed by atoms with Crippen molar-refractivity contribution in [2.24, 2.45) is 0 Å². The van der Waals surface area contributed by atoms with E-state index in [1.54, 1.807) is 0 Å². The molecule has 0 radical (unpaired) electrons. The van der Waals surface area contributed by atoms with E-state index in [-0.39, 0.29) is 6.03 Å². The second kappa shape index (κ2) is 5.58. The van der Waals surface area contributed by atoms with Gasteiger partial charge in [0.05, 0.1) is 0 Å². The molecule has 118 valence electrons. The van der Waals surface area contributed by atoms with Gasteiger partial charge in [-0.05, 0) is 50.3 Å². The molecule has 3 aliphatic rings. The number of amides is 2. The van der Waals surface area contributed by atoms with Crippen molar-refractivity contribution in [2.45, 2.75) is 57.2 Å². The van der Waals surface area contributed by atoms with Crippen molar-refractivity contribution in [2.75, 3.05) is 18.0 Å². The second-order valence-electron chi connectivity index (χ2n) is 6.86. The summed E-state index contributed by atoms with van der Waals surface area (Å²) in [5, 5.41) is 3.31. The molecule has 2 amide bonds. The van der Waals surface area contributed by atoms with E-state index in [0.717, 1.165) is 38.0 Å². The van der Waals surface area contributed by atoms with Crippen LogP contribution in [0, 0.1) is 0 Å². The van der Waals surface area contributed by atoms with Gasteiger partial charge in [0.15, 0.2) is 0 Å². The van der Waals surface area contributed by atoms with Gasteiger partial charge in [0.2, 0.25) is 0 Å². The molecule has 4 rings (SSSR count). The zero-order chi connectivity index (χ0) is 15.1. The molecule has 0 aromatic heterocycles. The summed E-state index contributed by atoms with van der Waals surface area (Å²) in [7, 11) is 0. The van der Waals surface area contributed by atoms with Crippen molar-refractivity contribution in [1.82, 2.24) is 10.2 Å². The van der Waals surface area contributed by atoms with E-state index in [0.29, 0.717) is 18.1 Å². The Labute approximate surface area is 132 Å². The number of benzene rings is 1. The molecule has 4 heteroatoms. The molecule has 1 N–H and O–H groups in total. The first-order valence-electron chi connectivity index (χ1n) is 8.68. The van der Waals surface area contributed by atoms with Crippen molar-refractivity contribution in [3.05, 3.63) is 29.8 Å². The second-order valence-corrected chi connectivity index (χ2v) is 6.86. The molecular formula is C18H25N3O. The highest BCUT2D eigenvalue weighted by Gasteiger charge is 2.40. The Morgan fingerprint density at radius 2 is 1.95 bits per heavy atom. The molecule has 4 nitrogen and oxygen atoms in total. The van der Waals surface area contributed by atoms with Crippen molar-refractivity contribution < 1.29 is 4.79 Å². The van der Waals surface area contributed by atoms with Crippen LogP contribution in [-0.2, 0) is 6.42 Å². The van der Waals surface area contributed by atoms with Gasteiger partial charge < -0.3 is 5.32 Å². The number of para-hydroxylation sites is 1. The Hall–Kier alpha value is -1.55. The largest absolute Gasteiger partial charge is 0.335 e. The molecule has 1 aromatic carbocycles. The van der Waals surface area contributed by atoms with Gasteiger partial charge in [0.25, 0.3) is 0 Å². The third-order valence-corrected chi connectivity index (χ3v) is 5.71. The maximum absolute atomic E-state index is 12.7. The van der Waals surface area contributed by atoms with E-state index in [1.165, 1.54) is 18.4 Å². The number of carbonyl (C=O) groups excluding carboxylic acids is 1. The lowest BCUT2D eigenvalue weighted by molar-refractivity contribution is 0.126. The molecule has 1 unspecified atom stereocenters. The zero-order valence-electron chi connectivity index (χ0n) is 13.3. The van der Waals surface area contributed by atoms with Gasteiger partial charge in [-0.3, -0.25) is 9.80 Å². The summed E-state index contributed by atoms with van der Waals surface area (Å²) in [6.45, 7) is 4.22. The summed E-state index contributed by atoms with van der Waals surface area (Å²) < 4.78 is 0. The summed E-state index contributed by atoms with van der Waals surface area (Å²) in [6, 6.07) is 10.1. The highest BCUT2D eigenvalue weighted by Crippen LogP contribution is 2.35. The molecule has 3 aliphatic heterocycles. The fourth-order valence-corrected chi connectivity index (χ4v) is 4.71. The Balaban J connectivity index is 1.42. The van der Waals surface area contributed by atoms with E-state index in [4.69, 9.17) is 0 Å². The van der Waals surface area contributed by atoms with Crippen LogP contribution in [0.5, 0.6) is 0 Å².